The van der Waals surface area contributed by atoms with Gasteiger partial charge < -0.3 is 19.2 Å². The summed E-state index contributed by atoms with van der Waals surface area (Å²) in [7, 11) is 1.55. The zero-order valence-electron chi connectivity index (χ0n) is 14.8. The van der Waals surface area contributed by atoms with Gasteiger partial charge in [0.25, 0.3) is 5.91 Å². The zero-order valence-corrected chi connectivity index (χ0v) is 14.8. The first-order valence-electron chi connectivity index (χ1n) is 8.37. The lowest BCUT2D eigenvalue weighted by molar-refractivity contribution is -0.130. The number of nitrogens with one attached hydrogen (secondary N) is 1. The number of esters is 1. The first kappa shape index (κ1) is 18.3. The second kappa shape index (κ2) is 8.71. The molecule has 1 amide bonds. The Morgan fingerprint density at radius 3 is 2.37 bits per heavy atom. The first-order chi connectivity index (χ1) is 13.2. The van der Waals surface area contributed by atoms with Crippen LogP contribution in [0, 0.1) is 0 Å². The minimum atomic E-state index is -1.11. The average molecular weight is 365 g/mol. The molecule has 1 atom stereocenters. The van der Waals surface area contributed by atoms with Crippen LogP contribution in [0.4, 0.5) is 0 Å². The molecule has 0 bridgehead atoms. The largest absolute Gasteiger partial charge is 0.497 e. The molecule has 27 heavy (non-hydrogen) atoms. The normalized spacial score (nSPS) is 11.4. The summed E-state index contributed by atoms with van der Waals surface area (Å²) in [6, 6.07) is 19.3. The predicted octanol–water partition coefficient (Wildman–Crippen LogP) is 3.50. The van der Waals surface area contributed by atoms with Crippen molar-refractivity contribution in [2.75, 3.05) is 7.11 Å². The third-order valence-electron chi connectivity index (χ3n) is 3.91. The number of carbonyl (C=O) groups is 2. The van der Waals surface area contributed by atoms with Crippen LogP contribution in [-0.4, -0.2) is 19.0 Å². The van der Waals surface area contributed by atoms with E-state index in [0.717, 1.165) is 5.56 Å². The Morgan fingerprint density at radius 1 is 1.00 bits per heavy atom. The van der Waals surface area contributed by atoms with Crippen molar-refractivity contribution in [2.24, 2.45) is 0 Å². The molecule has 1 heterocycles. The second-order valence-corrected chi connectivity index (χ2v) is 5.74. The van der Waals surface area contributed by atoms with E-state index < -0.39 is 18.0 Å². The minimum Gasteiger partial charge on any atom is -0.497 e. The number of amides is 1. The standard InChI is InChI=1S/C21H19NO5/c1-25-17-11-9-16(10-12-17)19(27-21(24)18-8-5-13-26-18)20(23)22-14-15-6-3-2-4-7-15/h2-13,19H,14H2,1H3,(H,22,23)/t19-/m0/s1. The molecule has 3 aromatic rings. The Hall–Kier alpha value is -3.54. The van der Waals surface area contributed by atoms with Gasteiger partial charge in [0.1, 0.15) is 5.75 Å². The van der Waals surface area contributed by atoms with Crippen LogP contribution in [0.2, 0.25) is 0 Å². The molecule has 2 aromatic carbocycles. The summed E-state index contributed by atoms with van der Waals surface area (Å²) in [6.45, 7) is 0.324. The number of hydrogen-bond donors (Lipinski definition) is 1. The van der Waals surface area contributed by atoms with Gasteiger partial charge in [0.15, 0.2) is 0 Å². The second-order valence-electron chi connectivity index (χ2n) is 5.74. The fourth-order valence-corrected chi connectivity index (χ4v) is 2.49. The van der Waals surface area contributed by atoms with Gasteiger partial charge in [-0.3, -0.25) is 4.79 Å². The maximum atomic E-state index is 12.7. The van der Waals surface area contributed by atoms with E-state index in [1.165, 1.54) is 12.3 Å². The van der Waals surface area contributed by atoms with Crippen LogP contribution in [0.15, 0.2) is 77.4 Å². The predicted molar refractivity (Wildman–Crippen MR) is 98.1 cm³/mol. The SMILES string of the molecule is COc1ccc([C@H](OC(=O)c2ccco2)C(=O)NCc2ccccc2)cc1. The summed E-state index contributed by atoms with van der Waals surface area (Å²) < 4.78 is 15.6. The van der Waals surface area contributed by atoms with E-state index in [1.54, 1.807) is 37.4 Å². The Labute approximate surface area is 156 Å². The summed E-state index contributed by atoms with van der Waals surface area (Å²) in [5.74, 6) is -0.469. The maximum absolute atomic E-state index is 12.7. The minimum absolute atomic E-state index is 0.0318. The van der Waals surface area contributed by atoms with Gasteiger partial charge >= 0.3 is 5.97 Å². The fraction of sp³-hybridized carbons (Fsp3) is 0.143. The van der Waals surface area contributed by atoms with Gasteiger partial charge in [-0.05, 0) is 29.8 Å². The van der Waals surface area contributed by atoms with E-state index in [2.05, 4.69) is 5.32 Å². The monoisotopic (exact) mass is 365 g/mol. The zero-order chi connectivity index (χ0) is 19.1. The quantitative estimate of drug-likeness (QED) is 0.649. The van der Waals surface area contributed by atoms with Crippen molar-refractivity contribution in [3.63, 3.8) is 0 Å². The number of methoxy groups -OCH3 is 1. The van der Waals surface area contributed by atoms with Crippen molar-refractivity contribution >= 4 is 11.9 Å². The lowest BCUT2D eigenvalue weighted by atomic mass is 10.1. The van der Waals surface area contributed by atoms with Crippen molar-refractivity contribution in [3.05, 3.63) is 89.9 Å². The van der Waals surface area contributed by atoms with Crippen LogP contribution in [0.3, 0.4) is 0 Å². The maximum Gasteiger partial charge on any atom is 0.375 e. The molecule has 1 N–H and O–H groups in total. The third kappa shape index (κ3) is 4.76. The molecule has 0 saturated heterocycles. The highest BCUT2D eigenvalue weighted by Gasteiger charge is 2.26. The summed E-state index contributed by atoms with van der Waals surface area (Å²) in [5, 5.41) is 2.80. The molecule has 6 nitrogen and oxygen atoms in total. The van der Waals surface area contributed by atoms with Gasteiger partial charge in [0.2, 0.25) is 11.9 Å². The van der Waals surface area contributed by atoms with Crippen LogP contribution in [-0.2, 0) is 16.1 Å². The van der Waals surface area contributed by atoms with E-state index >= 15 is 0 Å². The smallest absolute Gasteiger partial charge is 0.375 e. The van der Waals surface area contributed by atoms with Crippen LogP contribution in [0.5, 0.6) is 5.75 Å². The van der Waals surface area contributed by atoms with E-state index in [9.17, 15) is 9.59 Å². The van der Waals surface area contributed by atoms with Crippen molar-refractivity contribution in [3.8, 4) is 5.75 Å². The topological polar surface area (TPSA) is 77.8 Å². The molecule has 6 heteroatoms. The molecule has 0 aliphatic carbocycles. The van der Waals surface area contributed by atoms with E-state index in [1.807, 2.05) is 30.3 Å². The third-order valence-corrected chi connectivity index (χ3v) is 3.91. The van der Waals surface area contributed by atoms with E-state index in [-0.39, 0.29) is 5.76 Å². The molecule has 0 radical (unpaired) electrons. The molecule has 0 aliphatic rings. The van der Waals surface area contributed by atoms with Crippen molar-refractivity contribution in [1.29, 1.82) is 0 Å². The Morgan fingerprint density at radius 2 is 1.74 bits per heavy atom. The number of carbonyl (C=O) groups excluding carboxylic acids is 2. The molecule has 138 valence electrons. The van der Waals surface area contributed by atoms with Crippen LogP contribution in [0.25, 0.3) is 0 Å². The summed E-state index contributed by atoms with van der Waals surface area (Å²) in [6.07, 6.45) is 0.256. The molecule has 1 aromatic heterocycles. The lowest BCUT2D eigenvalue weighted by Gasteiger charge is -2.18. The molecule has 0 aliphatic heterocycles. The number of ether oxygens (including phenoxy) is 2. The highest BCUT2D eigenvalue weighted by Crippen LogP contribution is 2.23. The van der Waals surface area contributed by atoms with E-state index in [0.29, 0.717) is 17.9 Å². The Kier molecular flexibility index (Phi) is 5.89. The summed E-state index contributed by atoms with van der Waals surface area (Å²) >= 11 is 0. The molecule has 0 spiro atoms. The summed E-state index contributed by atoms with van der Waals surface area (Å²) in [5.41, 5.74) is 1.47. The Bertz CT molecular complexity index is 873. The molecule has 0 unspecified atom stereocenters. The van der Waals surface area contributed by atoms with Gasteiger partial charge in [-0.25, -0.2) is 4.79 Å². The van der Waals surface area contributed by atoms with Gasteiger partial charge in [-0.1, -0.05) is 42.5 Å². The van der Waals surface area contributed by atoms with Gasteiger partial charge in [0.05, 0.1) is 13.4 Å². The number of benzene rings is 2. The number of hydrogen-bond acceptors (Lipinski definition) is 5. The van der Waals surface area contributed by atoms with Gasteiger partial charge in [-0.15, -0.1) is 0 Å². The fourth-order valence-electron chi connectivity index (χ4n) is 2.49. The van der Waals surface area contributed by atoms with Crippen LogP contribution >= 0.6 is 0 Å². The average Bonchev–Trinajstić information content (AvgIpc) is 3.26. The van der Waals surface area contributed by atoms with E-state index in [4.69, 9.17) is 13.9 Å². The highest BCUT2D eigenvalue weighted by molar-refractivity contribution is 5.90. The molecular formula is C21H19NO5. The lowest BCUT2D eigenvalue weighted by Crippen LogP contribution is -2.31. The first-order valence-corrected chi connectivity index (χ1v) is 8.37. The molecule has 0 fully saturated rings. The van der Waals surface area contributed by atoms with Gasteiger partial charge in [0, 0.05) is 12.1 Å². The molecule has 0 saturated carbocycles. The number of rotatable bonds is 7. The van der Waals surface area contributed by atoms with Crippen molar-refractivity contribution < 1.29 is 23.5 Å². The van der Waals surface area contributed by atoms with Crippen LogP contribution in [0.1, 0.15) is 27.8 Å². The Balaban J connectivity index is 1.77. The van der Waals surface area contributed by atoms with Gasteiger partial charge in [-0.2, -0.15) is 0 Å². The van der Waals surface area contributed by atoms with Crippen LogP contribution < -0.4 is 10.1 Å². The molecular weight excluding hydrogens is 346 g/mol. The molecule has 3 rings (SSSR count). The summed E-state index contributed by atoms with van der Waals surface area (Å²) in [4.78, 5) is 25.0. The number of furan rings is 1. The van der Waals surface area contributed by atoms with Crippen molar-refractivity contribution in [1.82, 2.24) is 5.32 Å². The van der Waals surface area contributed by atoms with Crippen molar-refractivity contribution in [2.45, 2.75) is 12.6 Å². The highest BCUT2D eigenvalue weighted by atomic mass is 16.6.